The van der Waals surface area contributed by atoms with Crippen LogP contribution < -0.4 is 0 Å². The summed E-state index contributed by atoms with van der Waals surface area (Å²) in [5.74, 6) is 0. The zero-order valence-electron chi connectivity index (χ0n) is 20.2. The summed E-state index contributed by atoms with van der Waals surface area (Å²) in [6.45, 7) is 1.96. The van der Waals surface area contributed by atoms with Crippen molar-refractivity contribution in [2.24, 2.45) is 0 Å². The molecule has 7 nitrogen and oxygen atoms in total. The summed E-state index contributed by atoms with van der Waals surface area (Å²) in [5.41, 5.74) is 2.54. The molecule has 1 N–H and O–H groups in total. The van der Waals surface area contributed by atoms with Gasteiger partial charge >= 0.3 is 0 Å². The lowest BCUT2D eigenvalue weighted by Gasteiger charge is -2.08. The number of H-pyrrole nitrogens is 1. The minimum absolute atomic E-state index is 0.00627. The van der Waals surface area contributed by atoms with Crippen LogP contribution in [-0.2, 0) is 30.6 Å². The predicted octanol–water partition coefficient (Wildman–Crippen LogP) is 5.59. The Morgan fingerprint density at radius 3 is 2.38 bits per heavy atom. The molecule has 0 aliphatic heterocycles. The van der Waals surface area contributed by atoms with Crippen LogP contribution in [0.25, 0.3) is 21.7 Å². The first-order valence-electron chi connectivity index (χ1n) is 11.9. The maximum Gasteiger partial charge on any atom is 0.296 e. The maximum atomic E-state index is 13.6. The second-order valence-electron chi connectivity index (χ2n) is 8.94. The van der Waals surface area contributed by atoms with Crippen LogP contribution in [0.4, 0.5) is 0 Å². The van der Waals surface area contributed by atoms with Crippen LogP contribution in [0.2, 0.25) is 0 Å². The average molecular weight is 535 g/mol. The summed E-state index contributed by atoms with van der Waals surface area (Å²) in [7, 11) is -7.66. The molecule has 0 aliphatic rings. The number of hydrogen-bond donors (Lipinski definition) is 1. The van der Waals surface area contributed by atoms with Gasteiger partial charge in [-0.05, 0) is 67.5 Å². The fourth-order valence-corrected chi connectivity index (χ4v) is 6.81. The number of nitrogens with zero attached hydrogens (tertiary/aromatic N) is 1. The number of aryl methyl sites for hydroxylation is 2. The van der Waals surface area contributed by atoms with Crippen molar-refractivity contribution < 1.29 is 21.0 Å². The first-order valence-corrected chi connectivity index (χ1v) is 14.8. The van der Waals surface area contributed by atoms with Gasteiger partial charge in [-0.1, -0.05) is 60.2 Å². The van der Waals surface area contributed by atoms with Crippen molar-refractivity contribution in [1.82, 2.24) is 10.2 Å². The summed E-state index contributed by atoms with van der Waals surface area (Å²) in [6, 6.07) is 24.7. The molecule has 1 aromatic heterocycles. The van der Waals surface area contributed by atoms with E-state index in [2.05, 4.69) is 10.2 Å². The van der Waals surface area contributed by atoms with Crippen LogP contribution in [0.3, 0.4) is 0 Å². The largest absolute Gasteiger partial charge is 0.296 e. The van der Waals surface area contributed by atoms with E-state index < -0.39 is 20.0 Å². The summed E-state index contributed by atoms with van der Waals surface area (Å²) < 4.78 is 57.1. The van der Waals surface area contributed by atoms with Crippen molar-refractivity contribution in [2.45, 2.75) is 41.0 Å². The number of nitrogens with one attached hydrogen (secondary N) is 1. The molecule has 0 bridgehead atoms. The Hall–Kier alpha value is -3.53. The van der Waals surface area contributed by atoms with Gasteiger partial charge in [-0.25, -0.2) is 8.42 Å². The molecule has 0 spiro atoms. The molecule has 0 atom stereocenters. The molecule has 5 rings (SSSR count). The molecule has 37 heavy (non-hydrogen) atoms. The van der Waals surface area contributed by atoms with Gasteiger partial charge < -0.3 is 0 Å². The monoisotopic (exact) mass is 534 g/mol. The molecule has 9 heteroatoms. The highest BCUT2D eigenvalue weighted by Gasteiger charge is 2.25. The SMILES string of the molecule is Cc1ccc(S(=O)(=O)OCCCCc2ccc3[nH]nc(S(=O)(=O)c4cccc5ccccc45)c3c2)cc1. The van der Waals surface area contributed by atoms with Gasteiger partial charge in [0, 0.05) is 10.8 Å². The Morgan fingerprint density at radius 1 is 0.811 bits per heavy atom. The molecule has 0 radical (unpaired) electrons. The van der Waals surface area contributed by atoms with E-state index in [0.29, 0.717) is 35.6 Å². The number of fused-ring (bicyclic) bond motifs is 2. The van der Waals surface area contributed by atoms with Gasteiger partial charge in [0.25, 0.3) is 10.1 Å². The molecular weight excluding hydrogens is 508 g/mol. The van der Waals surface area contributed by atoms with Gasteiger partial charge in [0.1, 0.15) is 0 Å². The molecular formula is C28H26N2O5S2. The lowest BCUT2D eigenvalue weighted by Crippen LogP contribution is -2.08. The third kappa shape index (κ3) is 5.16. The molecule has 5 aromatic rings. The number of rotatable bonds is 9. The van der Waals surface area contributed by atoms with Crippen LogP contribution in [-0.4, -0.2) is 33.6 Å². The predicted molar refractivity (Wildman–Crippen MR) is 143 cm³/mol. The third-order valence-corrected chi connectivity index (χ3v) is 9.38. The second kappa shape index (κ2) is 10.1. The summed E-state index contributed by atoms with van der Waals surface area (Å²) in [5, 5.41) is 9.02. The number of unbranched alkanes of at least 4 members (excludes halogenated alkanes) is 1. The lowest BCUT2D eigenvalue weighted by atomic mass is 10.1. The first-order chi connectivity index (χ1) is 17.8. The van der Waals surface area contributed by atoms with E-state index in [9.17, 15) is 16.8 Å². The van der Waals surface area contributed by atoms with Crippen molar-refractivity contribution in [3.63, 3.8) is 0 Å². The van der Waals surface area contributed by atoms with E-state index in [4.69, 9.17) is 4.18 Å². The van der Waals surface area contributed by atoms with E-state index in [0.717, 1.165) is 16.5 Å². The standard InChI is InChI=1S/C28H26N2O5S2/c1-20-12-15-23(16-13-20)37(33,34)35-18-5-4-7-21-14-17-26-25(19-21)28(30-29-26)36(31,32)27-11-6-9-22-8-2-3-10-24(22)27/h2-3,6,8-17,19H,4-5,7,18H2,1H3,(H,29,30). The van der Waals surface area contributed by atoms with Crippen LogP contribution in [0.5, 0.6) is 0 Å². The zero-order chi connectivity index (χ0) is 26.0. The molecule has 0 saturated carbocycles. The van der Waals surface area contributed by atoms with E-state index >= 15 is 0 Å². The van der Waals surface area contributed by atoms with Crippen molar-refractivity contribution in [2.75, 3.05) is 6.61 Å². The number of aromatic amines is 1. The molecule has 0 aliphatic carbocycles. The Kier molecular flexibility index (Phi) is 6.85. The minimum atomic E-state index is -3.87. The molecule has 0 unspecified atom stereocenters. The van der Waals surface area contributed by atoms with Gasteiger partial charge in [-0.2, -0.15) is 13.5 Å². The van der Waals surface area contributed by atoms with Crippen LogP contribution in [0, 0.1) is 6.92 Å². The van der Waals surface area contributed by atoms with Gasteiger partial charge in [-0.15, -0.1) is 0 Å². The lowest BCUT2D eigenvalue weighted by molar-refractivity contribution is 0.308. The fraction of sp³-hybridized carbons (Fsp3) is 0.179. The van der Waals surface area contributed by atoms with Crippen LogP contribution >= 0.6 is 0 Å². The number of aromatic nitrogens is 2. The molecule has 190 valence electrons. The number of hydrogen-bond acceptors (Lipinski definition) is 6. The van der Waals surface area contributed by atoms with E-state index in [1.54, 1.807) is 30.3 Å². The third-order valence-electron chi connectivity index (χ3n) is 6.29. The van der Waals surface area contributed by atoms with Crippen LogP contribution in [0.1, 0.15) is 24.0 Å². The first kappa shape index (κ1) is 25.1. The summed E-state index contributed by atoms with van der Waals surface area (Å²) in [4.78, 5) is 0.361. The molecule has 0 saturated heterocycles. The molecule has 4 aromatic carbocycles. The number of sulfone groups is 1. The molecule has 1 heterocycles. The Balaban J connectivity index is 1.29. The summed E-state index contributed by atoms with van der Waals surface area (Å²) in [6.07, 6.45) is 1.86. The Morgan fingerprint density at radius 2 is 1.57 bits per heavy atom. The quantitative estimate of drug-likeness (QED) is 0.195. The van der Waals surface area contributed by atoms with Crippen molar-refractivity contribution >= 4 is 41.6 Å². The smallest absolute Gasteiger partial charge is 0.276 e. The Bertz CT molecular complexity index is 1790. The van der Waals surface area contributed by atoms with E-state index in [-0.39, 0.29) is 21.4 Å². The van der Waals surface area contributed by atoms with Crippen molar-refractivity contribution in [3.8, 4) is 0 Å². The van der Waals surface area contributed by atoms with Gasteiger partial charge in [0.15, 0.2) is 5.03 Å². The zero-order valence-corrected chi connectivity index (χ0v) is 21.8. The van der Waals surface area contributed by atoms with Gasteiger partial charge in [0.2, 0.25) is 9.84 Å². The highest BCUT2D eigenvalue weighted by atomic mass is 32.2. The van der Waals surface area contributed by atoms with Gasteiger partial charge in [-0.3, -0.25) is 9.28 Å². The highest BCUT2D eigenvalue weighted by Crippen LogP contribution is 2.31. The average Bonchev–Trinajstić information content (AvgIpc) is 3.32. The van der Waals surface area contributed by atoms with E-state index in [1.807, 2.05) is 49.4 Å². The maximum absolute atomic E-state index is 13.6. The second-order valence-corrected chi connectivity index (χ2v) is 12.4. The van der Waals surface area contributed by atoms with Gasteiger partial charge in [0.05, 0.1) is 21.9 Å². The van der Waals surface area contributed by atoms with E-state index in [1.165, 1.54) is 12.1 Å². The highest BCUT2D eigenvalue weighted by molar-refractivity contribution is 7.91. The topological polar surface area (TPSA) is 106 Å². The minimum Gasteiger partial charge on any atom is -0.276 e. The van der Waals surface area contributed by atoms with Crippen LogP contribution in [0.15, 0.2) is 99.7 Å². The van der Waals surface area contributed by atoms with Crippen molar-refractivity contribution in [3.05, 3.63) is 96.1 Å². The number of benzene rings is 4. The molecule has 0 amide bonds. The summed E-state index contributed by atoms with van der Waals surface area (Å²) >= 11 is 0. The Labute approximate surface area is 216 Å². The normalized spacial score (nSPS) is 12.4. The molecule has 0 fully saturated rings. The fourth-order valence-electron chi connectivity index (χ4n) is 4.30. The van der Waals surface area contributed by atoms with Crippen molar-refractivity contribution in [1.29, 1.82) is 0 Å².